The Balaban J connectivity index is 2.89. The smallest absolute Gasteiger partial charge is 0.385 e. The quantitative estimate of drug-likeness (QED) is 0.863. The van der Waals surface area contributed by atoms with Crippen LogP contribution in [0.2, 0.25) is 0 Å². The zero-order valence-electron chi connectivity index (χ0n) is 9.84. The average molecular weight is 247 g/mol. The Hall–Kier alpha value is -1.07. The molecule has 1 atom stereocenters. The molecule has 0 spiro atoms. The fourth-order valence-electron chi connectivity index (χ4n) is 1.65. The number of ether oxygens (including phenoxy) is 1. The molecule has 0 aliphatic carbocycles. The van der Waals surface area contributed by atoms with Crippen LogP contribution in [-0.4, -0.2) is 20.8 Å². The second-order valence-electron chi connectivity index (χ2n) is 3.75. The van der Waals surface area contributed by atoms with Gasteiger partial charge in [-0.1, -0.05) is 12.1 Å². The van der Waals surface area contributed by atoms with Crippen LogP contribution in [0.1, 0.15) is 23.6 Å². The van der Waals surface area contributed by atoms with E-state index in [0.29, 0.717) is 18.6 Å². The zero-order chi connectivity index (χ0) is 12.9. The SMILES string of the molecule is CNC(CCOC)c1cccc(C(F)(F)F)c1. The molecule has 2 nitrogen and oxygen atoms in total. The van der Waals surface area contributed by atoms with Gasteiger partial charge in [0.25, 0.3) is 0 Å². The van der Waals surface area contributed by atoms with Crippen LogP contribution in [0.4, 0.5) is 13.2 Å². The van der Waals surface area contributed by atoms with Gasteiger partial charge in [-0.2, -0.15) is 13.2 Å². The summed E-state index contributed by atoms with van der Waals surface area (Å²) in [6.07, 6.45) is -3.66. The third-order valence-corrected chi connectivity index (χ3v) is 2.58. The molecule has 1 unspecified atom stereocenters. The van der Waals surface area contributed by atoms with E-state index in [2.05, 4.69) is 5.32 Å². The van der Waals surface area contributed by atoms with Gasteiger partial charge in [-0.3, -0.25) is 0 Å². The molecule has 0 radical (unpaired) electrons. The van der Waals surface area contributed by atoms with E-state index in [4.69, 9.17) is 4.74 Å². The average Bonchev–Trinajstić information content (AvgIpc) is 2.29. The lowest BCUT2D eigenvalue weighted by molar-refractivity contribution is -0.137. The Bertz CT molecular complexity index is 352. The standard InChI is InChI=1S/C12H16F3NO/c1-16-11(6-7-17-2)9-4-3-5-10(8-9)12(13,14)15/h3-5,8,11,16H,6-7H2,1-2H3. The first-order chi connectivity index (χ1) is 7.99. The van der Waals surface area contributed by atoms with Crippen molar-refractivity contribution in [3.05, 3.63) is 35.4 Å². The molecule has 17 heavy (non-hydrogen) atoms. The van der Waals surface area contributed by atoms with Gasteiger partial charge < -0.3 is 10.1 Å². The van der Waals surface area contributed by atoms with E-state index in [1.807, 2.05) is 0 Å². The van der Waals surface area contributed by atoms with Crippen molar-refractivity contribution in [1.82, 2.24) is 5.32 Å². The molecule has 1 rings (SSSR count). The molecule has 0 fully saturated rings. The van der Waals surface area contributed by atoms with Gasteiger partial charge in [0.15, 0.2) is 0 Å². The second kappa shape index (κ2) is 6.02. The van der Waals surface area contributed by atoms with E-state index in [-0.39, 0.29) is 6.04 Å². The minimum atomic E-state index is -4.30. The summed E-state index contributed by atoms with van der Waals surface area (Å²) in [5.41, 5.74) is 0.00652. The van der Waals surface area contributed by atoms with E-state index < -0.39 is 11.7 Å². The van der Waals surface area contributed by atoms with E-state index >= 15 is 0 Å². The van der Waals surface area contributed by atoms with Crippen LogP contribution >= 0.6 is 0 Å². The van der Waals surface area contributed by atoms with E-state index in [1.54, 1.807) is 20.2 Å². The summed E-state index contributed by atoms with van der Waals surface area (Å²) in [5.74, 6) is 0. The van der Waals surface area contributed by atoms with Crippen molar-refractivity contribution in [2.75, 3.05) is 20.8 Å². The summed E-state index contributed by atoms with van der Waals surface area (Å²) >= 11 is 0. The highest BCUT2D eigenvalue weighted by Gasteiger charge is 2.30. The lowest BCUT2D eigenvalue weighted by Crippen LogP contribution is -2.18. The summed E-state index contributed by atoms with van der Waals surface area (Å²) in [7, 11) is 3.29. The fraction of sp³-hybridized carbons (Fsp3) is 0.500. The van der Waals surface area contributed by atoms with Crippen LogP contribution in [0.5, 0.6) is 0 Å². The summed E-state index contributed by atoms with van der Waals surface area (Å²) < 4.78 is 42.6. The van der Waals surface area contributed by atoms with Crippen LogP contribution in [0.25, 0.3) is 0 Å². The number of hydrogen-bond acceptors (Lipinski definition) is 2. The molecule has 0 aromatic heterocycles. The van der Waals surface area contributed by atoms with Gasteiger partial charge in [0.2, 0.25) is 0 Å². The minimum absolute atomic E-state index is 0.128. The van der Waals surface area contributed by atoms with Crippen molar-refractivity contribution in [1.29, 1.82) is 0 Å². The molecule has 0 bridgehead atoms. The van der Waals surface area contributed by atoms with Crippen molar-refractivity contribution < 1.29 is 17.9 Å². The maximum Gasteiger partial charge on any atom is 0.416 e. The van der Waals surface area contributed by atoms with E-state index in [1.165, 1.54) is 12.1 Å². The van der Waals surface area contributed by atoms with Crippen LogP contribution in [0.3, 0.4) is 0 Å². The van der Waals surface area contributed by atoms with Crippen molar-refractivity contribution in [2.24, 2.45) is 0 Å². The van der Waals surface area contributed by atoms with Gasteiger partial charge in [-0.15, -0.1) is 0 Å². The minimum Gasteiger partial charge on any atom is -0.385 e. The molecule has 0 aliphatic rings. The van der Waals surface area contributed by atoms with Crippen LogP contribution < -0.4 is 5.32 Å². The molecular weight excluding hydrogens is 231 g/mol. The third kappa shape index (κ3) is 4.02. The Kier molecular flexibility index (Phi) is 4.96. The summed E-state index contributed by atoms with van der Waals surface area (Å²) in [6, 6.07) is 5.24. The molecule has 96 valence electrons. The van der Waals surface area contributed by atoms with E-state index in [9.17, 15) is 13.2 Å². The molecule has 5 heteroatoms. The number of methoxy groups -OCH3 is 1. The maximum atomic E-state index is 12.5. The van der Waals surface area contributed by atoms with Crippen molar-refractivity contribution in [3.8, 4) is 0 Å². The monoisotopic (exact) mass is 247 g/mol. The van der Waals surface area contributed by atoms with Crippen LogP contribution in [0.15, 0.2) is 24.3 Å². The van der Waals surface area contributed by atoms with Crippen molar-refractivity contribution in [3.63, 3.8) is 0 Å². The van der Waals surface area contributed by atoms with Gasteiger partial charge in [0.1, 0.15) is 0 Å². The number of alkyl halides is 3. The lowest BCUT2D eigenvalue weighted by atomic mass is 10.0. The van der Waals surface area contributed by atoms with Gasteiger partial charge >= 0.3 is 6.18 Å². The number of rotatable bonds is 5. The summed E-state index contributed by atoms with van der Waals surface area (Å²) in [5, 5.41) is 2.98. The highest BCUT2D eigenvalue weighted by molar-refractivity contribution is 5.27. The molecule has 1 aromatic carbocycles. The molecule has 0 heterocycles. The molecule has 1 N–H and O–H groups in total. The number of halogens is 3. The number of hydrogen-bond donors (Lipinski definition) is 1. The highest BCUT2D eigenvalue weighted by atomic mass is 19.4. The van der Waals surface area contributed by atoms with Gasteiger partial charge in [-0.25, -0.2) is 0 Å². The Morgan fingerprint density at radius 2 is 2.06 bits per heavy atom. The number of nitrogens with one attached hydrogen (secondary N) is 1. The topological polar surface area (TPSA) is 21.3 Å². The summed E-state index contributed by atoms with van der Waals surface area (Å²) in [4.78, 5) is 0. The van der Waals surface area contributed by atoms with E-state index in [0.717, 1.165) is 6.07 Å². The molecule has 0 amide bonds. The Labute approximate surface area is 98.8 Å². The predicted molar refractivity (Wildman–Crippen MR) is 59.7 cm³/mol. The third-order valence-electron chi connectivity index (χ3n) is 2.58. The fourth-order valence-corrected chi connectivity index (χ4v) is 1.65. The van der Waals surface area contributed by atoms with Gasteiger partial charge in [0, 0.05) is 19.8 Å². The molecule has 0 aliphatic heterocycles. The molecule has 0 saturated carbocycles. The van der Waals surface area contributed by atoms with Crippen molar-refractivity contribution >= 4 is 0 Å². The summed E-state index contributed by atoms with van der Waals surface area (Å²) in [6.45, 7) is 0.502. The molecule has 0 saturated heterocycles. The van der Waals surface area contributed by atoms with Crippen LogP contribution in [-0.2, 0) is 10.9 Å². The second-order valence-corrected chi connectivity index (χ2v) is 3.75. The predicted octanol–water partition coefficient (Wildman–Crippen LogP) is 3.00. The lowest BCUT2D eigenvalue weighted by Gasteiger charge is -2.17. The van der Waals surface area contributed by atoms with Gasteiger partial charge in [-0.05, 0) is 31.2 Å². The molecular formula is C12H16F3NO. The molecule has 1 aromatic rings. The Morgan fingerprint density at radius 1 is 1.35 bits per heavy atom. The first-order valence-electron chi connectivity index (χ1n) is 5.32. The normalized spacial score (nSPS) is 13.7. The maximum absolute atomic E-state index is 12.5. The first-order valence-corrected chi connectivity index (χ1v) is 5.32. The highest BCUT2D eigenvalue weighted by Crippen LogP contribution is 2.31. The number of benzene rings is 1. The van der Waals surface area contributed by atoms with Crippen LogP contribution in [0, 0.1) is 0 Å². The zero-order valence-corrected chi connectivity index (χ0v) is 9.84. The van der Waals surface area contributed by atoms with Crippen molar-refractivity contribution in [2.45, 2.75) is 18.6 Å². The van der Waals surface area contributed by atoms with Gasteiger partial charge in [0.05, 0.1) is 5.56 Å². The Morgan fingerprint density at radius 3 is 2.59 bits per heavy atom. The first kappa shape index (κ1) is 14.0. The largest absolute Gasteiger partial charge is 0.416 e.